The van der Waals surface area contributed by atoms with Gasteiger partial charge in [0.1, 0.15) is 5.78 Å². The second-order valence-electron chi connectivity index (χ2n) is 2.63. The molecule has 0 aliphatic heterocycles. The van der Waals surface area contributed by atoms with Gasteiger partial charge in [-0.2, -0.15) is 11.8 Å². The summed E-state index contributed by atoms with van der Waals surface area (Å²) in [5.41, 5.74) is 0. The van der Waals surface area contributed by atoms with Crippen LogP contribution in [0.3, 0.4) is 0 Å². The Morgan fingerprint density at radius 1 is 1.33 bits per heavy atom. The SMILES string of the molecule is CCSCCCC(=O)CCCBr. The molecule has 3 heteroatoms. The first-order chi connectivity index (χ1) is 5.81. The van der Waals surface area contributed by atoms with E-state index in [4.69, 9.17) is 0 Å². The summed E-state index contributed by atoms with van der Waals surface area (Å²) in [6.45, 7) is 2.15. The maximum absolute atomic E-state index is 11.1. The molecule has 0 radical (unpaired) electrons. The van der Waals surface area contributed by atoms with E-state index >= 15 is 0 Å². The quantitative estimate of drug-likeness (QED) is 0.488. The molecule has 0 bridgehead atoms. The Balaban J connectivity index is 3.08. The second-order valence-corrected chi connectivity index (χ2v) is 4.82. The third-order valence-electron chi connectivity index (χ3n) is 1.54. The van der Waals surface area contributed by atoms with E-state index in [1.807, 2.05) is 11.8 Å². The summed E-state index contributed by atoms with van der Waals surface area (Å²) in [7, 11) is 0. The van der Waals surface area contributed by atoms with Gasteiger partial charge in [0.05, 0.1) is 0 Å². The Morgan fingerprint density at radius 3 is 2.58 bits per heavy atom. The highest BCUT2D eigenvalue weighted by atomic mass is 79.9. The number of hydrogen-bond acceptors (Lipinski definition) is 2. The van der Waals surface area contributed by atoms with Gasteiger partial charge in [-0.3, -0.25) is 4.79 Å². The van der Waals surface area contributed by atoms with Crippen molar-refractivity contribution in [3.05, 3.63) is 0 Å². The summed E-state index contributed by atoms with van der Waals surface area (Å²) in [6, 6.07) is 0. The van der Waals surface area contributed by atoms with Crippen LogP contribution in [0.5, 0.6) is 0 Å². The van der Waals surface area contributed by atoms with E-state index in [2.05, 4.69) is 22.9 Å². The van der Waals surface area contributed by atoms with Crippen LogP contribution in [-0.4, -0.2) is 22.6 Å². The molecule has 72 valence electrons. The minimum absolute atomic E-state index is 0.422. The predicted molar refractivity (Wildman–Crippen MR) is 60.3 cm³/mol. The highest BCUT2D eigenvalue weighted by Crippen LogP contribution is 2.06. The van der Waals surface area contributed by atoms with Gasteiger partial charge in [-0.25, -0.2) is 0 Å². The van der Waals surface area contributed by atoms with Crippen LogP contribution in [0.25, 0.3) is 0 Å². The summed E-state index contributed by atoms with van der Waals surface area (Å²) in [6.07, 6.45) is 3.57. The number of ketones is 1. The van der Waals surface area contributed by atoms with Crippen molar-refractivity contribution in [2.75, 3.05) is 16.8 Å². The summed E-state index contributed by atoms with van der Waals surface area (Å²) in [5, 5.41) is 0.947. The third-order valence-corrected chi connectivity index (χ3v) is 3.08. The fraction of sp³-hybridized carbons (Fsp3) is 0.889. The molecule has 1 nitrogen and oxygen atoms in total. The molecule has 0 saturated heterocycles. The van der Waals surface area contributed by atoms with Crippen molar-refractivity contribution in [2.24, 2.45) is 0 Å². The molecule has 0 spiro atoms. The van der Waals surface area contributed by atoms with Gasteiger partial charge < -0.3 is 0 Å². The summed E-state index contributed by atoms with van der Waals surface area (Å²) < 4.78 is 0. The normalized spacial score (nSPS) is 10.2. The molecule has 0 saturated carbocycles. The number of hydrogen-bond donors (Lipinski definition) is 0. The van der Waals surface area contributed by atoms with Gasteiger partial charge >= 0.3 is 0 Å². The molecule has 0 atom stereocenters. The number of halogens is 1. The summed E-state index contributed by atoms with van der Waals surface area (Å²) >= 11 is 5.23. The fourth-order valence-corrected chi connectivity index (χ4v) is 1.82. The monoisotopic (exact) mass is 252 g/mol. The Bertz CT molecular complexity index is 117. The Hall–Kier alpha value is 0.500. The standard InChI is InChI=1S/C9H17BrOS/c1-2-12-8-4-6-9(11)5-3-7-10/h2-8H2,1H3. The topological polar surface area (TPSA) is 17.1 Å². The molecule has 0 amide bonds. The van der Waals surface area contributed by atoms with Crippen molar-refractivity contribution in [2.45, 2.75) is 32.6 Å². The van der Waals surface area contributed by atoms with Crippen LogP contribution in [0.2, 0.25) is 0 Å². The van der Waals surface area contributed by atoms with Crippen LogP contribution in [0.15, 0.2) is 0 Å². The molecule has 0 aliphatic rings. The largest absolute Gasteiger partial charge is 0.300 e. The minimum atomic E-state index is 0.422. The van der Waals surface area contributed by atoms with Crippen molar-refractivity contribution in [1.82, 2.24) is 0 Å². The zero-order chi connectivity index (χ0) is 9.23. The number of alkyl halides is 1. The van der Waals surface area contributed by atoms with E-state index in [0.717, 1.165) is 42.5 Å². The van der Waals surface area contributed by atoms with Gasteiger partial charge in [0.25, 0.3) is 0 Å². The molecule has 0 aromatic rings. The van der Waals surface area contributed by atoms with E-state index in [0.29, 0.717) is 5.78 Å². The lowest BCUT2D eigenvalue weighted by Crippen LogP contribution is -1.98. The lowest BCUT2D eigenvalue weighted by Gasteiger charge is -1.98. The zero-order valence-electron chi connectivity index (χ0n) is 7.64. The Kier molecular flexibility index (Phi) is 9.99. The highest BCUT2D eigenvalue weighted by molar-refractivity contribution is 9.09. The van der Waals surface area contributed by atoms with Crippen LogP contribution in [0, 0.1) is 0 Å². The maximum Gasteiger partial charge on any atom is 0.132 e. The number of thioether (sulfide) groups is 1. The van der Waals surface area contributed by atoms with Gasteiger partial charge in [-0.05, 0) is 24.3 Å². The number of Topliss-reactive ketones (excluding diaryl/α,β-unsaturated/α-hetero) is 1. The molecule has 12 heavy (non-hydrogen) atoms. The van der Waals surface area contributed by atoms with Crippen molar-refractivity contribution >= 4 is 33.5 Å². The molecule has 0 fully saturated rings. The van der Waals surface area contributed by atoms with E-state index < -0.39 is 0 Å². The van der Waals surface area contributed by atoms with Crippen molar-refractivity contribution in [3.8, 4) is 0 Å². The number of rotatable bonds is 8. The molecule has 0 rings (SSSR count). The van der Waals surface area contributed by atoms with Crippen LogP contribution in [0.4, 0.5) is 0 Å². The van der Waals surface area contributed by atoms with E-state index in [9.17, 15) is 4.79 Å². The van der Waals surface area contributed by atoms with Crippen molar-refractivity contribution in [3.63, 3.8) is 0 Å². The molecule has 0 aliphatic carbocycles. The molecular weight excluding hydrogens is 236 g/mol. The molecule has 0 aromatic heterocycles. The number of carbonyl (C=O) groups excluding carboxylic acids is 1. The first kappa shape index (κ1) is 12.5. The molecule has 0 unspecified atom stereocenters. The van der Waals surface area contributed by atoms with Gasteiger partial charge in [-0.15, -0.1) is 0 Å². The minimum Gasteiger partial charge on any atom is -0.300 e. The predicted octanol–water partition coefficient (Wildman–Crippen LogP) is 3.26. The highest BCUT2D eigenvalue weighted by Gasteiger charge is 2.00. The maximum atomic E-state index is 11.1. The average molecular weight is 253 g/mol. The lowest BCUT2D eigenvalue weighted by molar-refractivity contribution is -0.119. The smallest absolute Gasteiger partial charge is 0.132 e. The van der Waals surface area contributed by atoms with Crippen LogP contribution in [-0.2, 0) is 4.79 Å². The Morgan fingerprint density at radius 2 is 2.00 bits per heavy atom. The molecular formula is C9H17BrOS. The van der Waals surface area contributed by atoms with Gasteiger partial charge in [0.15, 0.2) is 0 Å². The average Bonchev–Trinajstić information content (AvgIpc) is 2.09. The van der Waals surface area contributed by atoms with Crippen LogP contribution in [0.1, 0.15) is 32.6 Å². The summed E-state index contributed by atoms with van der Waals surface area (Å²) in [5.74, 6) is 2.72. The van der Waals surface area contributed by atoms with Crippen molar-refractivity contribution in [1.29, 1.82) is 0 Å². The molecule has 0 heterocycles. The first-order valence-electron chi connectivity index (χ1n) is 4.46. The van der Waals surface area contributed by atoms with Gasteiger partial charge in [0.2, 0.25) is 0 Å². The van der Waals surface area contributed by atoms with Gasteiger partial charge in [-0.1, -0.05) is 22.9 Å². The van der Waals surface area contributed by atoms with E-state index in [1.165, 1.54) is 0 Å². The fourth-order valence-electron chi connectivity index (χ4n) is 0.905. The Labute approximate surface area is 87.8 Å². The second kappa shape index (κ2) is 9.59. The van der Waals surface area contributed by atoms with Crippen LogP contribution < -0.4 is 0 Å². The molecule has 0 aromatic carbocycles. The molecule has 0 N–H and O–H groups in total. The zero-order valence-corrected chi connectivity index (χ0v) is 10.0. The first-order valence-corrected chi connectivity index (χ1v) is 6.74. The number of carbonyl (C=O) groups is 1. The van der Waals surface area contributed by atoms with Gasteiger partial charge in [0, 0.05) is 18.2 Å². The van der Waals surface area contributed by atoms with Crippen LogP contribution >= 0.6 is 27.7 Å². The summed E-state index contributed by atoms with van der Waals surface area (Å²) in [4.78, 5) is 11.1. The lowest BCUT2D eigenvalue weighted by atomic mass is 10.1. The van der Waals surface area contributed by atoms with Crippen molar-refractivity contribution < 1.29 is 4.79 Å². The van der Waals surface area contributed by atoms with E-state index in [-0.39, 0.29) is 0 Å². The third kappa shape index (κ3) is 8.60. The van der Waals surface area contributed by atoms with E-state index in [1.54, 1.807) is 0 Å².